The van der Waals surface area contributed by atoms with Crippen LogP contribution in [0.25, 0.3) is 6.08 Å². The molecule has 0 amide bonds. The number of rotatable bonds is 2. The van der Waals surface area contributed by atoms with Crippen LogP contribution in [0.2, 0.25) is 0 Å². The molecule has 0 radical (unpaired) electrons. The number of carbonyl (C=O) groups is 1. The molecule has 0 heterocycles. The van der Waals surface area contributed by atoms with E-state index in [1.165, 1.54) is 18.4 Å². The first kappa shape index (κ1) is 12.1. The van der Waals surface area contributed by atoms with Gasteiger partial charge < -0.3 is 0 Å². The van der Waals surface area contributed by atoms with Gasteiger partial charge in [0, 0.05) is 12.8 Å². The number of ketones is 1. The van der Waals surface area contributed by atoms with Crippen molar-refractivity contribution < 1.29 is 4.79 Å². The summed E-state index contributed by atoms with van der Waals surface area (Å²) in [7, 11) is 0. The van der Waals surface area contributed by atoms with E-state index in [1.54, 1.807) is 0 Å². The highest BCUT2D eigenvalue weighted by Gasteiger charge is 2.13. The molecule has 1 fully saturated rings. The zero-order chi connectivity index (χ0) is 11.9. The highest BCUT2D eigenvalue weighted by Crippen LogP contribution is 2.22. The van der Waals surface area contributed by atoms with Crippen molar-refractivity contribution in [3.05, 3.63) is 42.0 Å². The summed E-state index contributed by atoms with van der Waals surface area (Å²) in [5.41, 5.74) is 1.22. The Bertz CT molecular complexity index is 378. The summed E-state index contributed by atoms with van der Waals surface area (Å²) in [5, 5.41) is 0. The van der Waals surface area contributed by atoms with Crippen LogP contribution in [0.1, 0.15) is 44.1 Å². The maximum absolute atomic E-state index is 11.6. The topological polar surface area (TPSA) is 17.1 Å². The van der Waals surface area contributed by atoms with E-state index in [1.807, 2.05) is 18.2 Å². The van der Waals surface area contributed by atoms with Gasteiger partial charge in [0.2, 0.25) is 0 Å². The van der Waals surface area contributed by atoms with Gasteiger partial charge in [-0.05, 0) is 24.3 Å². The SMILES string of the molecule is O=C1CCCCC[C@H](/C=C/c2ccccc2)C1. The van der Waals surface area contributed by atoms with E-state index in [-0.39, 0.29) is 0 Å². The molecule has 1 heteroatoms. The first-order valence-corrected chi connectivity index (χ1v) is 6.59. The Balaban J connectivity index is 1.96. The first-order chi connectivity index (χ1) is 8.34. The molecule has 1 saturated carbocycles. The normalized spacial score (nSPS) is 22.4. The Labute approximate surface area is 104 Å². The Morgan fingerprint density at radius 3 is 2.71 bits per heavy atom. The maximum Gasteiger partial charge on any atom is 0.133 e. The number of carbonyl (C=O) groups excluding carboxylic acids is 1. The van der Waals surface area contributed by atoms with Crippen LogP contribution >= 0.6 is 0 Å². The highest BCUT2D eigenvalue weighted by atomic mass is 16.1. The molecule has 0 N–H and O–H groups in total. The molecule has 0 spiro atoms. The van der Waals surface area contributed by atoms with E-state index in [4.69, 9.17) is 0 Å². The van der Waals surface area contributed by atoms with Crippen molar-refractivity contribution in [3.8, 4) is 0 Å². The summed E-state index contributed by atoms with van der Waals surface area (Å²) < 4.78 is 0. The van der Waals surface area contributed by atoms with Crippen molar-refractivity contribution >= 4 is 11.9 Å². The molecule has 1 aliphatic rings. The Morgan fingerprint density at radius 2 is 1.88 bits per heavy atom. The number of allylic oxidation sites excluding steroid dienone is 1. The van der Waals surface area contributed by atoms with E-state index >= 15 is 0 Å². The van der Waals surface area contributed by atoms with E-state index in [9.17, 15) is 4.79 Å². The van der Waals surface area contributed by atoms with Crippen molar-refractivity contribution in [2.45, 2.75) is 38.5 Å². The van der Waals surface area contributed by atoms with Crippen LogP contribution in [0, 0.1) is 5.92 Å². The van der Waals surface area contributed by atoms with E-state index in [2.05, 4.69) is 24.3 Å². The third-order valence-electron chi connectivity index (χ3n) is 3.38. The van der Waals surface area contributed by atoms with Gasteiger partial charge in [-0.15, -0.1) is 0 Å². The minimum absolute atomic E-state index is 0.437. The average molecular weight is 228 g/mol. The lowest BCUT2D eigenvalue weighted by atomic mass is 9.90. The van der Waals surface area contributed by atoms with E-state index in [0.29, 0.717) is 11.7 Å². The lowest BCUT2D eigenvalue weighted by molar-refractivity contribution is -0.120. The maximum atomic E-state index is 11.6. The van der Waals surface area contributed by atoms with E-state index < -0.39 is 0 Å². The van der Waals surface area contributed by atoms with Gasteiger partial charge in [0.05, 0.1) is 0 Å². The second kappa shape index (κ2) is 6.39. The Kier molecular flexibility index (Phi) is 4.54. The highest BCUT2D eigenvalue weighted by molar-refractivity contribution is 5.79. The molecule has 0 saturated heterocycles. The van der Waals surface area contributed by atoms with Crippen LogP contribution in [0.3, 0.4) is 0 Å². The molecule has 17 heavy (non-hydrogen) atoms. The third kappa shape index (κ3) is 4.18. The summed E-state index contributed by atoms with van der Waals surface area (Å²) in [6, 6.07) is 10.3. The molecule has 1 atom stereocenters. The zero-order valence-electron chi connectivity index (χ0n) is 10.3. The molecular formula is C16H20O. The van der Waals surface area contributed by atoms with Gasteiger partial charge in [-0.2, -0.15) is 0 Å². The lowest BCUT2D eigenvalue weighted by Crippen LogP contribution is -2.09. The van der Waals surface area contributed by atoms with Gasteiger partial charge in [0.25, 0.3) is 0 Å². The Morgan fingerprint density at radius 1 is 1.06 bits per heavy atom. The molecule has 1 nitrogen and oxygen atoms in total. The minimum atomic E-state index is 0.437. The standard InChI is InChI=1S/C16H20O/c17-16-10-6-2-5-9-15(13-16)12-11-14-7-3-1-4-8-14/h1,3-4,7-8,11-12,15H,2,5-6,9-10,13H2/b12-11+/t15-/m1/s1. The third-order valence-corrected chi connectivity index (χ3v) is 3.38. The smallest absolute Gasteiger partial charge is 0.133 e. The minimum Gasteiger partial charge on any atom is -0.300 e. The molecular weight excluding hydrogens is 208 g/mol. The summed E-state index contributed by atoms with van der Waals surface area (Å²) in [4.78, 5) is 11.6. The van der Waals surface area contributed by atoms with Crippen molar-refractivity contribution in [2.75, 3.05) is 0 Å². The first-order valence-electron chi connectivity index (χ1n) is 6.59. The summed E-state index contributed by atoms with van der Waals surface area (Å²) >= 11 is 0. The molecule has 2 rings (SSSR count). The molecule has 1 aliphatic carbocycles. The van der Waals surface area contributed by atoms with Crippen molar-refractivity contribution in [3.63, 3.8) is 0 Å². The van der Waals surface area contributed by atoms with Gasteiger partial charge in [-0.25, -0.2) is 0 Å². The van der Waals surface area contributed by atoms with Crippen LogP contribution in [0.4, 0.5) is 0 Å². The van der Waals surface area contributed by atoms with Crippen LogP contribution in [-0.4, -0.2) is 5.78 Å². The molecule has 0 aromatic heterocycles. The number of benzene rings is 1. The second-order valence-corrected chi connectivity index (χ2v) is 4.87. The summed E-state index contributed by atoms with van der Waals surface area (Å²) in [6.07, 6.45) is 10.6. The van der Waals surface area contributed by atoms with Gasteiger partial charge in [-0.1, -0.05) is 55.3 Å². The molecule has 0 aliphatic heterocycles. The van der Waals surface area contributed by atoms with Crippen LogP contribution in [0.5, 0.6) is 0 Å². The van der Waals surface area contributed by atoms with Gasteiger partial charge in [0.1, 0.15) is 5.78 Å². The zero-order valence-corrected chi connectivity index (χ0v) is 10.3. The summed E-state index contributed by atoms with van der Waals surface area (Å²) in [6.45, 7) is 0. The Hall–Kier alpha value is -1.37. The fourth-order valence-corrected chi connectivity index (χ4v) is 2.38. The number of hydrogen-bond acceptors (Lipinski definition) is 1. The van der Waals surface area contributed by atoms with Gasteiger partial charge in [-0.3, -0.25) is 4.79 Å². The predicted octanol–water partition coefficient (Wildman–Crippen LogP) is 4.24. The predicted molar refractivity (Wildman–Crippen MR) is 71.7 cm³/mol. The molecule has 0 unspecified atom stereocenters. The molecule has 0 bridgehead atoms. The number of Topliss-reactive ketones (excluding diaryl/α,β-unsaturated/α-hetero) is 1. The number of hydrogen-bond donors (Lipinski definition) is 0. The lowest BCUT2D eigenvalue weighted by Gasteiger charge is -2.15. The fourth-order valence-electron chi connectivity index (χ4n) is 2.38. The van der Waals surface area contributed by atoms with Crippen LogP contribution in [-0.2, 0) is 4.79 Å². The summed E-state index contributed by atoms with van der Waals surface area (Å²) in [5.74, 6) is 0.885. The fraction of sp³-hybridized carbons (Fsp3) is 0.438. The average Bonchev–Trinajstić information content (AvgIpc) is 2.33. The second-order valence-electron chi connectivity index (χ2n) is 4.87. The van der Waals surface area contributed by atoms with Crippen molar-refractivity contribution in [1.29, 1.82) is 0 Å². The monoisotopic (exact) mass is 228 g/mol. The molecule has 90 valence electrons. The largest absolute Gasteiger partial charge is 0.300 e. The van der Waals surface area contributed by atoms with Crippen LogP contribution < -0.4 is 0 Å². The van der Waals surface area contributed by atoms with Gasteiger partial charge >= 0.3 is 0 Å². The molecule has 1 aromatic rings. The van der Waals surface area contributed by atoms with Crippen molar-refractivity contribution in [2.24, 2.45) is 5.92 Å². The van der Waals surface area contributed by atoms with Crippen LogP contribution in [0.15, 0.2) is 36.4 Å². The van der Waals surface area contributed by atoms with Crippen molar-refractivity contribution in [1.82, 2.24) is 0 Å². The van der Waals surface area contributed by atoms with Gasteiger partial charge in [0.15, 0.2) is 0 Å². The van der Waals surface area contributed by atoms with E-state index in [0.717, 1.165) is 25.7 Å². The molecule has 1 aromatic carbocycles. The quantitative estimate of drug-likeness (QED) is 0.740.